The van der Waals surface area contributed by atoms with Gasteiger partial charge in [0, 0.05) is 0 Å². The topological polar surface area (TPSA) is 111 Å². The lowest BCUT2D eigenvalue weighted by molar-refractivity contribution is -0.142. The number of nitrogens with two attached hydrogens (primary N) is 1. The summed E-state index contributed by atoms with van der Waals surface area (Å²) in [5, 5.41) is 15.6. The fraction of sp³-hybridized carbons (Fsp3) is 0.333. The number of aliphatic carboxylic acids is 1. The van der Waals surface area contributed by atoms with Crippen molar-refractivity contribution in [1.29, 1.82) is 0 Å². The number of aromatic nitrogens is 3. The summed E-state index contributed by atoms with van der Waals surface area (Å²) in [7, 11) is 0. The predicted molar refractivity (Wildman–Crippen MR) is 40.5 cm³/mol. The summed E-state index contributed by atoms with van der Waals surface area (Å²) in [5.41, 5.74) is 4.88. The number of hydrogen-bond acceptors (Lipinski definition) is 4. The van der Waals surface area contributed by atoms with Crippen LogP contribution in [0.4, 0.5) is 0 Å². The van der Waals surface area contributed by atoms with Crippen molar-refractivity contribution in [2.24, 2.45) is 5.73 Å². The number of carboxylic acid groups (broad SMARTS) is 1. The minimum Gasteiger partial charge on any atom is -0.480 e. The van der Waals surface area contributed by atoms with Crippen molar-refractivity contribution >= 4 is 11.9 Å². The quantitative estimate of drug-likeness (QED) is 0.609. The largest absolute Gasteiger partial charge is 0.480 e. The summed E-state index contributed by atoms with van der Waals surface area (Å²) in [4.78, 5) is 21.2. The van der Waals surface area contributed by atoms with Gasteiger partial charge in [0.15, 0.2) is 0 Å². The van der Waals surface area contributed by atoms with E-state index in [2.05, 4.69) is 10.2 Å². The van der Waals surface area contributed by atoms with Gasteiger partial charge >= 0.3 is 5.97 Å². The summed E-state index contributed by atoms with van der Waals surface area (Å²) in [6.45, 7) is 0. The molecule has 1 amide bonds. The Bertz CT molecular complexity index is 308. The third kappa shape index (κ3) is 2.26. The molecule has 0 aliphatic rings. The van der Waals surface area contributed by atoms with Gasteiger partial charge in [0.25, 0.3) is 0 Å². The molecular formula is C6H8N4O3. The van der Waals surface area contributed by atoms with Gasteiger partial charge in [0.05, 0.1) is 6.42 Å². The van der Waals surface area contributed by atoms with E-state index in [0.717, 1.165) is 0 Å². The van der Waals surface area contributed by atoms with E-state index in [1.54, 1.807) is 0 Å². The maximum atomic E-state index is 10.6. The zero-order valence-electron chi connectivity index (χ0n) is 6.62. The zero-order valence-corrected chi connectivity index (χ0v) is 6.62. The van der Waals surface area contributed by atoms with Gasteiger partial charge in [-0.1, -0.05) is 0 Å². The Morgan fingerprint density at radius 1 is 1.46 bits per heavy atom. The molecule has 70 valence electrons. The first-order valence-corrected chi connectivity index (χ1v) is 3.46. The van der Waals surface area contributed by atoms with E-state index in [4.69, 9.17) is 10.8 Å². The number of hydrogen-bond donors (Lipinski definition) is 2. The van der Waals surface area contributed by atoms with Crippen LogP contribution in [0.5, 0.6) is 0 Å². The van der Waals surface area contributed by atoms with Gasteiger partial charge in [-0.2, -0.15) is 0 Å². The van der Waals surface area contributed by atoms with Crippen molar-refractivity contribution in [3.05, 3.63) is 12.7 Å². The first-order chi connectivity index (χ1) is 6.11. The number of rotatable bonds is 4. The Hall–Kier alpha value is -1.92. The van der Waals surface area contributed by atoms with Crippen molar-refractivity contribution in [3.63, 3.8) is 0 Å². The van der Waals surface area contributed by atoms with Gasteiger partial charge < -0.3 is 15.4 Å². The van der Waals surface area contributed by atoms with Crippen molar-refractivity contribution in [2.75, 3.05) is 0 Å². The number of carbonyl (C=O) groups is 2. The molecule has 0 aliphatic heterocycles. The summed E-state index contributed by atoms with van der Waals surface area (Å²) in [6.07, 6.45) is 2.18. The molecule has 7 heteroatoms. The van der Waals surface area contributed by atoms with E-state index in [1.165, 1.54) is 17.2 Å². The van der Waals surface area contributed by atoms with E-state index in [1.807, 2.05) is 0 Å². The van der Waals surface area contributed by atoms with Gasteiger partial charge in [-0.25, -0.2) is 4.79 Å². The Morgan fingerprint density at radius 3 is 2.38 bits per heavy atom. The van der Waals surface area contributed by atoms with Crippen molar-refractivity contribution in [3.8, 4) is 0 Å². The second-order valence-corrected chi connectivity index (χ2v) is 2.43. The third-order valence-corrected chi connectivity index (χ3v) is 1.48. The van der Waals surface area contributed by atoms with E-state index in [-0.39, 0.29) is 6.42 Å². The molecule has 0 spiro atoms. The summed E-state index contributed by atoms with van der Waals surface area (Å²) < 4.78 is 1.22. The summed E-state index contributed by atoms with van der Waals surface area (Å²) in [5.74, 6) is -1.82. The molecule has 0 radical (unpaired) electrons. The van der Waals surface area contributed by atoms with Crippen LogP contribution in [-0.4, -0.2) is 31.7 Å². The van der Waals surface area contributed by atoms with Crippen LogP contribution in [-0.2, 0) is 9.59 Å². The second-order valence-electron chi connectivity index (χ2n) is 2.43. The van der Waals surface area contributed by atoms with Crippen LogP contribution >= 0.6 is 0 Å². The van der Waals surface area contributed by atoms with Crippen LogP contribution in [0.2, 0.25) is 0 Å². The summed E-state index contributed by atoms with van der Waals surface area (Å²) in [6, 6.07) is -1.02. The van der Waals surface area contributed by atoms with Crippen LogP contribution < -0.4 is 5.73 Å². The molecule has 0 saturated heterocycles. The van der Waals surface area contributed by atoms with Gasteiger partial charge in [-0.05, 0) is 0 Å². The van der Waals surface area contributed by atoms with Gasteiger partial charge in [-0.3, -0.25) is 4.79 Å². The predicted octanol–water partition coefficient (Wildman–Crippen LogP) is -1.22. The molecule has 0 saturated carbocycles. The molecular weight excluding hydrogens is 176 g/mol. The second kappa shape index (κ2) is 3.65. The maximum Gasteiger partial charge on any atom is 0.327 e. The molecule has 0 unspecified atom stereocenters. The Kier molecular flexibility index (Phi) is 2.58. The molecule has 0 aliphatic carbocycles. The molecule has 1 aromatic heterocycles. The molecule has 0 fully saturated rings. The maximum absolute atomic E-state index is 10.6. The van der Waals surface area contributed by atoms with Crippen LogP contribution in [0.1, 0.15) is 12.5 Å². The third-order valence-electron chi connectivity index (χ3n) is 1.48. The van der Waals surface area contributed by atoms with E-state index >= 15 is 0 Å². The molecule has 1 rings (SSSR count). The Labute approximate surface area is 73.2 Å². The highest BCUT2D eigenvalue weighted by Gasteiger charge is 2.21. The molecule has 0 aromatic carbocycles. The van der Waals surface area contributed by atoms with E-state index < -0.39 is 17.9 Å². The van der Waals surface area contributed by atoms with Crippen molar-refractivity contribution in [2.45, 2.75) is 12.5 Å². The zero-order chi connectivity index (χ0) is 9.84. The molecule has 0 bridgehead atoms. The van der Waals surface area contributed by atoms with Crippen LogP contribution in [0, 0.1) is 0 Å². The lowest BCUT2D eigenvalue weighted by Crippen LogP contribution is -2.24. The number of nitrogens with zero attached hydrogens (tertiary/aromatic N) is 3. The Balaban J connectivity index is 2.81. The molecule has 1 aromatic rings. The molecule has 13 heavy (non-hydrogen) atoms. The average Bonchev–Trinajstić information content (AvgIpc) is 2.50. The molecule has 3 N–H and O–H groups in total. The summed E-state index contributed by atoms with van der Waals surface area (Å²) >= 11 is 0. The van der Waals surface area contributed by atoms with Crippen LogP contribution in [0.3, 0.4) is 0 Å². The first kappa shape index (κ1) is 9.17. The minimum absolute atomic E-state index is 0.270. The van der Waals surface area contributed by atoms with Crippen LogP contribution in [0.15, 0.2) is 12.7 Å². The number of carbonyl (C=O) groups excluding carboxylic acids is 1. The number of carboxylic acids is 1. The van der Waals surface area contributed by atoms with Crippen molar-refractivity contribution in [1.82, 2.24) is 14.8 Å². The molecule has 1 atom stereocenters. The minimum atomic E-state index is -1.14. The fourth-order valence-corrected chi connectivity index (χ4v) is 0.880. The normalized spacial score (nSPS) is 12.3. The van der Waals surface area contributed by atoms with Gasteiger partial charge in [0.1, 0.15) is 18.7 Å². The van der Waals surface area contributed by atoms with Gasteiger partial charge in [0.2, 0.25) is 5.91 Å². The van der Waals surface area contributed by atoms with Crippen molar-refractivity contribution < 1.29 is 14.7 Å². The molecule has 1 heterocycles. The standard InChI is InChI=1S/C6H8N4O3/c7-5(11)1-4(6(12)13)10-2-8-9-3-10/h2-4H,1H2,(H2,7,11)(H,12,13)/t4-/m0/s1. The molecule has 7 nitrogen and oxygen atoms in total. The SMILES string of the molecule is NC(=O)C[C@@H](C(=O)O)n1cnnc1. The van der Waals surface area contributed by atoms with Crippen LogP contribution in [0.25, 0.3) is 0 Å². The highest BCUT2D eigenvalue weighted by Crippen LogP contribution is 2.09. The van der Waals surface area contributed by atoms with Gasteiger partial charge in [-0.15, -0.1) is 10.2 Å². The smallest absolute Gasteiger partial charge is 0.327 e. The highest BCUT2D eigenvalue weighted by atomic mass is 16.4. The Morgan fingerprint density at radius 2 is 2.00 bits per heavy atom. The lowest BCUT2D eigenvalue weighted by Gasteiger charge is -2.09. The van der Waals surface area contributed by atoms with E-state index in [9.17, 15) is 9.59 Å². The van der Waals surface area contributed by atoms with E-state index in [0.29, 0.717) is 0 Å². The first-order valence-electron chi connectivity index (χ1n) is 3.46. The monoisotopic (exact) mass is 184 g/mol. The highest BCUT2D eigenvalue weighted by molar-refractivity contribution is 5.82. The average molecular weight is 184 g/mol. The lowest BCUT2D eigenvalue weighted by atomic mass is 10.2. The fourth-order valence-electron chi connectivity index (χ4n) is 0.880. The number of amides is 1. The number of primary amides is 1.